The van der Waals surface area contributed by atoms with Crippen LogP contribution in [0.25, 0.3) is 0 Å². The largest absolute Gasteiger partial charge is 0.496 e. The molecule has 21 heavy (non-hydrogen) atoms. The van der Waals surface area contributed by atoms with Crippen LogP contribution in [-0.2, 0) is 10.0 Å². The van der Waals surface area contributed by atoms with Crippen LogP contribution in [-0.4, -0.2) is 32.6 Å². The van der Waals surface area contributed by atoms with E-state index in [0.29, 0.717) is 5.92 Å². The third-order valence-electron chi connectivity index (χ3n) is 3.73. The van der Waals surface area contributed by atoms with Crippen LogP contribution in [0, 0.1) is 5.92 Å². The zero-order valence-corrected chi connectivity index (χ0v) is 12.8. The van der Waals surface area contributed by atoms with Crippen molar-refractivity contribution in [3.63, 3.8) is 0 Å². The lowest BCUT2D eigenvalue weighted by Crippen LogP contribution is -2.33. The fraction of sp³-hybridized carbons (Fsp3) is 0.500. The quantitative estimate of drug-likeness (QED) is 0.865. The molecule has 0 amide bonds. The number of aromatic carboxylic acids is 1. The second kappa shape index (κ2) is 6.03. The molecule has 2 N–H and O–H groups in total. The summed E-state index contributed by atoms with van der Waals surface area (Å²) in [6.07, 6.45) is 2.61. The number of benzene rings is 1. The summed E-state index contributed by atoms with van der Waals surface area (Å²) in [7, 11) is -2.38. The number of methoxy groups -OCH3 is 1. The summed E-state index contributed by atoms with van der Waals surface area (Å²) in [5, 5.41) is 9.11. The second-order valence-corrected chi connectivity index (χ2v) is 7.12. The summed E-state index contributed by atoms with van der Waals surface area (Å²) < 4.78 is 32.2. The molecular formula is C14H19NO5S. The molecule has 1 aliphatic carbocycles. The Balaban J connectivity index is 2.27. The lowest BCUT2D eigenvalue weighted by molar-refractivity contribution is 0.0693. The third kappa shape index (κ3) is 3.54. The number of carboxylic acids is 1. The van der Waals surface area contributed by atoms with Gasteiger partial charge in [0.05, 0.1) is 12.0 Å². The van der Waals surface area contributed by atoms with E-state index in [9.17, 15) is 13.2 Å². The highest BCUT2D eigenvalue weighted by atomic mass is 32.2. The Morgan fingerprint density at radius 2 is 2.10 bits per heavy atom. The summed E-state index contributed by atoms with van der Waals surface area (Å²) in [6.45, 7) is 2.09. The molecular weight excluding hydrogens is 294 g/mol. The van der Waals surface area contributed by atoms with Crippen molar-refractivity contribution in [2.75, 3.05) is 7.11 Å². The van der Waals surface area contributed by atoms with Gasteiger partial charge in [0.15, 0.2) is 0 Å². The highest BCUT2D eigenvalue weighted by Gasteiger charge is 2.27. The van der Waals surface area contributed by atoms with Crippen molar-refractivity contribution in [1.82, 2.24) is 4.72 Å². The van der Waals surface area contributed by atoms with Gasteiger partial charge in [0.25, 0.3) is 0 Å². The SMILES string of the molecule is COc1ccc(S(=O)(=O)NC2CCC(C)C2)cc1C(=O)O. The number of nitrogens with one attached hydrogen (secondary N) is 1. The topological polar surface area (TPSA) is 92.7 Å². The minimum absolute atomic E-state index is 0.0553. The molecule has 1 aromatic rings. The Labute approximate surface area is 124 Å². The Morgan fingerprint density at radius 3 is 2.62 bits per heavy atom. The van der Waals surface area contributed by atoms with Gasteiger partial charge in [0.1, 0.15) is 11.3 Å². The highest BCUT2D eigenvalue weighted by molar-refractivity contribution is 7.89. The van der Waals surface area contributed by atoms with E-state index in [2.05, 4.69) is 11.6 Å². The molecule has 0 bridgehead atoms. The smallest absolute Gasteiger partial charge is 0.339 e. The molecule has 0 heterocycles. The van der Waals surface area contributed by atoms with Gasteiger partial charge in [-0.1, -0.05) is 6.92 Å². The zero-order chi connectivity index (χ0) is 15.6. The number of carbonyl (C=O) groups is 1. The maximum atomic E-state index is 12.3. The van der Waals surface area contributed by atoms with Crippen LogP contribution in [0.2, 0.25) is 0 Å². The minimum atomic E-state index is -3.72. The van der Waals surface area contributed by atoms with Crippen molar-refractivity contribution < 1.29 is 23.1 Å². The summed E-state index contributed by atoms with van der Waals surface area (Å²) in [5.74, 6) is -0.586. The first kappa shape index (κ1) is 15.8. The summed E-state index contributed by atoms with van der Waals surface area (Å²) in [5.41, 5.74) is -0.167. The number of hydrogen-bond acceptors (Lipinski definition) is 4. The van der Waals surface area contributed by atoms with Gasteiger partial charge in [-0.05, 0) is 43.4 Å². The van der Waals surface area contributed by atoms with E-state index >= 15 is 0 Å². The molecule has 0 aliphatic heterocycles. The molecule has 1 aliphatic rings. The van der Waals surface area contributed by atoms with Crippen molar-refractivity contribution >= 4 is 16.0 Å². The maximum absolute atomic E-state index is 12.3. The first-order chi connectivity index (χ1) is 9.83. The Kier molecular flexibility index (Phi) is 4.53. The Hall–Kier alpha value is -1.60. The Bertz CT molecular complexity index is 641. The average Bonchev–Trinajstić information content (AvgIpc) is 2.82. The number of rotatable bonds is 5. The molecule has 1 aromatic carbocycles. The van der Waals surface area contributed by atoms with E-state index < -0.39 is 16.0 Å². The van der Waals surface area contributed by atoms with E-state index in [-0.39, 0.29) is 22.3 Å². The molecule has 1 saturated carbocycles. The Morgan fingerprint density at radius 1 is 1.38 bits per heavy atom. The fourth-order valence-corrected chi connectivity index (χ4v) is 3.93. The van der Waals surface area contributed by atoms with Gasteiger partial charge in [0.2, 0.25) is 10.0 Å². The van der Waals surface area contributed by atoms with Crippen molar-refractivity contribution in [3.05, 3.63) is 23.8 Å². The maximum Gasteiger partial charge on any atom is 0.339 e. The molecule has 0 spiro atoms. The predicted octanol–water partition coefficient (Wildman–Crippen LogP) is 1.86. The number of sulfonamides is 1. The van der Waals surface area contributed by atoms with Crippen molar-refractivity contribution in [1.29, 1.82) is 0 Å². The average molecular weight is 313 g/mol. The monoisotopic (exact) mass is 313 g/mol. The van der Waals surface area contributed by atoms with E-state index in [1.807, 2.05) is 0 Å². The van der Waals surface area contributed by atoms with Crippen molar-refractivity contribution in [3.8, 4) is 5.75 Å². The molecule has 2 rings (SSSR count). The van der Waals surface area contributed by atoms with Gasteiger partial charge >= 0.3 is 5.97 Å². The summed E-state index contributed by atoms with van der Waals surface area (Å²) in [6, 6.07) is 3.75. The van der Waals surface area contributed by atoms with Crippen molar-refractivity contribution in [2.24, 2.45) is 5.92 Å². The summed E-state index contributed by atoms with van der Waals surface area (Å²) in [4.78, 5) is 11.1. The lowest BCUT2D eigenvalue weighted by atomic mass is 10.1. The zero-order valence-electron chi connectivity index (χ0n) is 12.0. The molecule has 0 radical (unpaired) electrons. The molecule has 6 nitrogen and oxygen atoms in total. The molecule has 0 saturated heterocycles. The van der Waals surface area contributed by atoms with Gasteiger partial charge in [-0.2, -0.15) is 0 Å². The normalized spacial score (nSPS) is 22.2. The molecule has 7 heteroatoms. The molecule has 0 aromatic heterocycles. The van der Waals surface area contributed by atoms with Crippen LogP contribution >= 0.6 is 0 Å². The second-order valence-electron chi connectivity index (χ2n) is 5.40. The van der Waals surface area contributed by atoms with Gasteiger partial charge in [-0.15, -0.1) is 0 Å². The molecule has 1 fully saturated rings. The predicted molar refractivity (Wildman–Crippen MR) is 77.1 cm³/mol. The van der Waals surface area contributed by atoms with Crippen LogP contribution in [0.3, 0.4) is 0 Å². The van der Waals surface area contributed by atoms with Gasteiger partial charge in [0, 0.05) is 6.04 Å². The fourth-order valence-electron chi connectivity index (χ4n) is 2.62. The lowest BCUT2D eigenvalue weighted by Gasteiger charge is -2.14. The molecule has 116 valence electrons. The van der Waals surface area contributed by atoms with Crippen LogP contribution in [0.15, 0.2) is 23.1 Å². The third-order valence-corrected chi connectivity index (χ3v) is 5.25. The number of hydrogen-bond donors (Lipinski definition) is 2. The van der Waals surface area contributed by atoms with Crippen LogP contribution in [0.1, 0.15) is 36.5 Å². The van der Waals surface area contributed by atoms with Crippen LogP contribution in [0.4, 0.5) is 0 Å². The van der Waals surface area contributed by atoms with E-state index in [1.54, 1.807) is 0 Å². The summed E-state index contributed by atoms with van der Waals surface area (Å²) >= 11 is 0. The molecule has 2 unspecified atom stereocenters. The highest BCUT2D eigenvalue weighted by Crippen LogP contribution is 2.27. The first-order valence-corrected chi connectivity index (χ1v) is 8.25. The number of ether oxygens (including phenoxy) is 1. The first-order valence-electron chi connectivity index (χ1n) is 6.77. The van der Waals surface area contributed by atoms with Crippen LogP contribution in [0.5, 0.6) is 5.75 Å². The van der Waals surface area contributed by atoms with E-state index in [0.717, 1.165) is 25.3 Å². The van der Waals surface area contributed by atoms with Gasteiger partial charge < -0.3 is 9.84 Å². The van der Waals surface area contributed by atoms with Crippen LogP contribution < -0.4 is 9.46 Å². The van der Waals surface area contributed by atoms with Crippen molar-refractivity contribution in [2.45, 2.75) is 37.1 Å². The molecule has 2 atom stereocenters. The van der Waals surface area contributed by atoms with Gasteiger partial charge in [-0.25, -0.2) is 17.9 Å². The number of carboxylic acid groups (broad SMARTS) is 1. The van der Waals surface area contributed by atoms with Gasteiger partial charge in [-0.3, -0.25) is 0 Å². The minimum Gasteiger partial charge on any atom is -0.496 e. The standard InChI is InChI=1S/C14H19NO5S/c1-9-3-4-10(7-9)15-21(18,19)11-5-6-13(20-2)12(8-11)14(16)17/h5-6,8-10,15H,3-4,7H2,1-2H3,(H,16,17). The van der Waals surface area contributed by atoms with E-state index in [4.69, 9.17) is 9.84 Å². The van der Waals surface area contributed by atoms with E-state index in [1.165, 1.54) is 19.2 Å².